The molecule has 2 rings (SSSR count). The highest BCUT2D eigenvalue weighted by Crippen LogP contribution is 2.28. The van der Waals surface area contributed by atoms with Crippen molar-refractivity contribution in [3.05, 3.63) is 59.2 Å². The molecule has 0 aliphatic rings. The van der Waals surface area contributed by atoms with E-state index in [1.165, 1.54) is 50.4 Å². The van der Waals surface area contributed by atoms with Gasteiger partial charge in [0, 0.05) is 19.2 Å². The van der Waals surface area contributed by atoms with Crippen molar-refractivity contribution < 1.29 is 32.6 Å². The van der Waals surface area contributed by atoms with Crippen molar-refractivity contribution >= 4 is 11.9 Å². The summed E-state index contributed by atoms with van der Waals surface area (Å²) < 4.78 is 41.3. The molecule has 0 spiro atoms. The molecule has 0 fully saturated rings. The van der Waals surface area contributed by atoms with Crippen LogP contribution in [0.1, 0.15) is 15.9 Å². The zero-order valence-corrected chi connectivity index (χ0v) is 15.1. The maximum Gasteiger partial charge on any atom is 0.343 e. The van der Waals surface area contributed by atoms with Gasteiger partial charge in [-0.3, -0.25) is 4.79 Å². The Kier molecular flexibility index (Phi) is 6.70. The Morgan fingerprint density at radius 1 is 1.00 bits per heavy atom. The van der Waals surface area contributed by atoms with E-state index in [-0.39, 0.29) is 30.6 Å². The lowest BCUT2D eigenvalue weighted by Gasteiger charge is -2.18. The molecule has 0 saturated heterocycles. The van der Waals surface area contributed by atoms with E-state index in [1.807, 2.05) is 0 Å². The Bertz CT molecular complexity index is 841. The van der Waals surface area contributed by atoms with Crippen molar-refractivity contribution in [3.63, 3.8) is 0 Å². The van der Waals surface area contributed by atoms with Gasteiger partial charge in [0.2, 0.25) is 0 Å². The summed E-state index contributed by atoms with van der Waals surface area (Å²) in [6.45, 7) is -0.199. The van der Waals surface area contributed by atoms with Gasteiger partial charge in [-0.1, -0.05) is 6.07 Å². The van der Waals surface area contributed by atoms with Gasteiger partial charge in [-0.15, -0.1) is 0 Å². The molecule has 0 heterocycles. The van der Waals surface area contributed by atoms with E-state index < -0.39 is 17.6 Å². The summed E-state index contributed by atoms with van der Waals surface area (Å²) in [5.41, 5.74) is 0.761. The van der Waals surface area contributed by atoms with Gasteiger partial charge >= 0.3 is 5.97 Å². The number of ether oxygens (including phenoxy) is 3. The number of carbonyl (C=O) groups excluding carboxylic acids is 2. The van der Waals surface area contributed by atoms with Gasteiger partial charge in [0.25, 0.3) is 5.91 Å². The summed E-state index contributed by atoms with van der Waals surface area (Å²) in [6, 6.07) is 7.95. The van der Waals surface area contributed by atoms with Crippen molar-refractivity contribution in [2.45, 2.75) is 6.54 Å². The smallest absolute Gasteiger partial charge is 0.343 e. The highest BCUT2D eigenvalue weighted by molar-refractivity contribution is 5.94. The second kappa shape index (κ2) is 8.98. The van der Waals surface area contributed by atoms with Crippen LogP contribution < -0.4 is 9.47 Å². The minimum absolute atomic E-state index is 0.0962. The molecule has 0 aromatic heterocycles. The van der Waals surface area contributed by atoms with Crippen LogP contribution in [0.4, 0.5) is 8.78 Å². The Hall–Kier alpha value is -3.16. The van der Waals surface area contributed by atoms with E-state index in [4.69, 9.17) is 9.47 Å². The van der Waals surface area contributed by atoms with Crippen LogP contribution in [0.25, 0.3) is 0 Å². The predicted octanol–water partition coefficient (Wildman–Crippen LogP) is 2.80. The first-order valence-corrected chi connectivity index (χ1v) is 7.92. The topological polar surface area (TPSA) is 65.1 Å². The number of methoxy groups -OCH3 is 2. The largest absolute Gasteiger partial charge is 0.493 e. The van der Waals surface area contributed by atoms with E-state index in [1.54, 1.807) is 0 Å². The molecule has 0 unspecified atom stereocenters. The molecular weight excluding hydrogens is 360 g/mol. The Morgan fingerprint density at radius 3 is 2.37 bits per heavy atom. The molecule has 0 aliphatic heterocycles. The van der Waals surface area contributed by atoms with Gasteiger partial charge in [-0.2, -0.15) is 0 Å². The van der Waals surface area contributed by atoms with Crippen LogP contribution in [-0.4, -0.2) is 44.7 Å². The van der Waals surface area contributed by atoms with Crippen molar-refractivity contribution in [2.24, 2.45) is 0 Å². The van der Waals surface area contributed by atoms with Crippen molar-refractivity contribution in [3.8, 4) is 11.5 Å². The number of nitrogens with zero attached hydrogens (tertiary/aromatic N) is 1. The number of esters is 1. The monoisotopic (exact) mass is 379 g/mol. The fourth-order valence-corrected chi connectivity index (χ4v) is 2.32. The molecule has 0 saturated carbocycles. The summed E-state index contributed by atoms with van der Waals surface area (Å²) >= 11 is 0. The molecule has 6 nitrogen and oxygen atoms in total. The SMILES string of the molecule is COC(=O)COc1ccc(C(=O)N(C)Cc2ccc(F)c(F)c2)cc1OC. The highest BCUT2D eigenvalue weighted by atomic mass is 19.2. The Labute approximate surface area is 155 Å². The summed E-state index contributed by atoms with van der Waals surface area (Å²) in [4.78, 5) is 25.1. The van der Waals surface area contributed by atoms with E-state index >= 15 is 0 Å². The fourth-order valence-electron chi connectivity index (χ4n) is 2.32. The summed E-state index contributed by atoms with van der Waals surface area (Å²) in [7, 11) is 4.19. The van der Waals surface area contributed by atoms with Gasteiger partial charge in [0.05, 0.1) is 14.2 Å². The molecule has 0 radical (unpaired) electrons. The number of amides is 1. The lowest BCUT2D eigenvalue weighted by atomic mass is 10.1. The molecule has 2 aromatic rings. The number of rotatable bonds is 7. The average molecular weight is 379 g/mol. The third-order valence-corrected chi connectivity index (χ3v) is 3.73. The molecule has 8 heteroatoms. The van der Waals surface area contributed by atoms with Crippen LogP contribution in [0, 0.1) is 11.6 Å². The van der Waals surface area contributed by atoms with E-state index in [0.29, 0.717) is 11.1 Å². The zero-order valence-electron chi connectivity index (χ0n) is 15.1. The fraction of sp³-hybridized carbons (Fsp3) is 0.263. The Balaban J connectivity index is 2.12. The van der Waals surface area contributed by atoms with Gasteiger partial charge in [0.15, 0.2) is 29.7 Å². The maximum absolute atomic E-state index is 13.3. The van der Waals surface area contributed by atoms with Gasteiger partial charge in [-0.25, -0.2) is 13.6 Å². The zero-order chi connectivity index (χ0) is 20.0. The average Bonchev–Trinajstić information content (AvgIpc) is 2.68. The first-order valence-electron chi connectivity index (χ1n) is 7.92. The molecule has 0 atom stereocenters. The normalized spacial score (nSPS) is 10.3. The van der Waals surface area contributed by atoms with Crippen molar-refractivity contribution in [2.75, 3.05) is 27.9 Å². The lowest BCUT2D eigenvalue weighted by Crippen LogP contribution is -2.26. The Morgan fingerprint density at radius 2 is 1.74 bits per heavy atom. The first-order chi connectivity index (χ1) is 12.8. The molecule has 0 bridgehead atoms. The molecule has 144 valence electrons. The van der Waals surface area contributed by atoms with Crippen LogP contribution in [0.2, 0.25) is 0 Å². The van der Waals surface area contributed by atoms with Crippen LogP contribution in [0.15, 0.2) is 36.4 Å². The third kappa shape index (κ3) is 5.16. The molecule has 1 amide bonds. The highest BCUT2D eigenvalue weighted by Gasteiger charge is 2.16. The quantitative estimate of drug-likeness (QED) is 0.692. The number of carbonyl (C=O) groups is 2. The molecule has 0 aliphatic carbocycles. The minimum Gasteiger partial charge on any atom is -0.493 e. The lowest BCUT2D eigenvalue weighted by molar-refractivity contribution is -0.142. The number of benzene rings is 2. The van der Waals surface area contributed by atoms with Gasteiger partial charge in [-0.05, 0) is 35.9 Å². The minimum atomic E-state index is -0.970. The first kappa shape index (κ1) is 20.2. The summed E-state index contributed by atoms with van der Waals surface area (Å²) in [5, 5.41) is 0. The van der Waals surface area contributed by atoms with Crippen molar-refractivity contribution in [1.29, 1.82) is 0 Å². The van der Waals surface area contributed by atoms with Gasteiger partial charge < -0.3 is 19.1 Å². The van der Waals surface area contributed by atoms with Crippen LogP contribution in [0.3, 0.4) is 0 Å². The molecule has 2 aromatic carbocycles. The van der Waals surface area contributed by atoms with E-state index in [2.05, 4.69) is 4.74 Å². The molecular formula is C19H19F2NO5. The predicted molar refractivity (Wildman–Crippen MR) is 92.7 cm³/mol. The maximum atomic E-state index is 13.3. The number of hydrogen-bond acceptors (Lipinski definition) is 5. The van der Waals surface area contributed by atoms with Crippen LogP contribution in [0.5, 0.6) is 11.5 Å². The van der Waals surface area contributed by atoms with Gasteiger partial charge in [0.1, 0.15) is 0 Å². The standard InChI is InChI=1S/C19H19F2NO5/c1-22(10-12-4-6-14(20)15(21)8-12)19(24)13-5-7-16(17(9-13)25-2)27-11-18(23)26-3/h4-9H,10-11H2,1-3H3. The second-order valence-corrected chi connectivity index (χ2v) is 5.64. The third-order valence-electron chi connectivity index (χ3n) is 3.73. The van der Waals surface area contributed by atoms with E-state index in [9.17, 15) is 18.4 Å². The second-order valence-electron chi connectivity index (χ2n) is 5.64. The number of hydrogen-bond donors (Lipinski definition) is 0. The molecule has 0 N–H and O–H groups in total. The van der Waals surface area contributed by atoms with Crippen molar-refractivity contribution in [1.82, 2.24) is 4.90 Å². The van der Waals surface area contributed by atoms with Crippen LogP contribution >= 0.6 is 0 Å². The summed E-state index contributed by atoms with van der Waals surface area (Å²) in [6.07, 6.45) is 0. The number of halogens is 2. The van der Waals surface area contributed by atoms with Crippen LogP contribution in [-0.2, 0) is 16.1 Å². The van der Waals surface area contributed by atoms with E-state index in [0.717, 1.165) is 12.1 Å². The summed E-state index contributed by atoms with van der Waals surface area (Å²) in [5.74, 6) is -2.27. The molecule has 27 heavy (non-hydrogen) atoms.